The van der Waals surface area contributed by atoms with Gasteiger partial charge in [-0.1, -0.05) is 18.2 Å². The lowest BCUT2D eigenvalue weighted by Gasteiger charge is -2.22. The number of hydrogen-bond donors (Lipinski definition) is 1. The van der Waals surface area contributed by atoms with Gasteiger partial charge in [0, 0.05) is 45.0 Å². The molecule has 0 aliphatic heterocycles. The molecule has 0 saturated heterocycles. The summed E-state index contributed by atoms with van der Waals surface area (Å²) in [7, 11) is 5.83. The maximum atomic E-state index is 13.9. The van der Waals surface area contributed by atoms with E-state index < -0.39 is 0 Å². The highest BCUT2D eigenvalue weighted by Crippen LogP contribution is 2.41. The molecular formula is C18H23FN4. The van der Waals surface area contributed by atoms with Gasteiger partial charge in [0.1, 0.15) is 5.82 Å². The number of halogens is 1. The average molecular weight is 314 g/mol. The summed E-state index contributed by atoms with van der Waals surface area (Å²) in [5.74, 6) is 0.959. The van der Waals surface area contributed by atoms with Crippen LogP contribution in [0.4, 0.5) is 4.39 Å². The second kappa shape index (κ2) is 6.44. The molecule has 2 atom stereocenters. The lowest BCUT2D eigenvalue weighted by atomic mass is 10.1. The van der Waals surface area contributed by atoms with Gasteiger partial charge in [0.25, 0.3) is 0 Å². The summed E-state index contributed by atoms with van der Waals surface area (Å²) >= 11 is 0. The van der Waals surface area contributed by atoms with Gasteiger partial charge in [-0.15, -0.1) is 0 Å². The number of rotatable bonds is 4. The Labute approximate surface area is 136 Å². The van der Waals surface area contributed by atoms with E-state index in [4.69, 9.17) is 0 Å². The molecule has 1 aromatic heterocycles. The second-order valence-corrected chi connectivity index (χ2v) is 6.13. The van der Waals surface area contributed by atoms with Gasteiger partial charge < -0.3 is 14.8 Å². The summed E-state index contributed by atoms with van der Waals surface area (Å²) in [6, 6.07) is 11.4. The molecule has 0 spiro atoms. The molecule has 23 heavy (non-hydrogen) atoms. The van der Waals surface area contributed by atoms with Crippen LogP contribution in [0.25, 0.3) is 0 Å². The highest BCUT2D eigenvalue weighted by molar-refractivity contribution is 5.80. The van der Waals surface area contributed by atoms with Crippen LogP contribution in [0.1, 0.15) is 23.6 Å². The van der Waals surface area contributed by atoms with Crippen molar-refractivity contribution in [1.82, 2.24) is 14.8 Å². The van der Waals surface area contributed by atoms with Crippen LogP contribution in [-0.2, 0) is 13.6 Å². The summed E-state index contributed by atoms with van der Waals surface area (Å²) in [6.45, 7) is 0.778. The summed E-state index contributed by atoms with van der Waals surface area (Å²) in [5.41, 5.74) is 2.02. The summed E-state index contributed by atoms with van der Waals surface area (Å²) in [6.07, 6.45) is 2.98. The highest BCUT2D eigenvalue weighted by atomic mass is 19.1. The van der Waals surface area contributed by atoms with Crippen LogP contribution in [0.15, 0.2) is 47.6 Å². The fraction of sp³-hybridized carbons (Fsp3) is 0.389. The third-order valence-electron chi connectivity index (χ3n) is 4.43. The molecule has 0 radical (unpaired) electrons. The van der Waals surface area contributed by atoms with Crippen LogP contribution in [0, 0.1) is 5.82 Å². The molecule has 4 nitrogen and oxygen atoms in total. The molecule has 1 N–H and O–H groups in total. The minimum absolute atomic E-state index is 0.117. The van der Waals surface area contributed by atoms with Gasteiger partial charge >= 0.3 is 0 Å². The number of hydrogen-bond acceptors (Lipinski definition) is 1. The molecule has 0 bridgehead atoms. The van der Waals surface area contributed by atoms with Crippen molar-refractivity contribution in [2.24, 2.45) is 12.0 Å². The van der Waals surface area contributed by atoms with E-state index in [1.165, 1.54) is 11.8 Å². The van der Waals surface area contributed by atoms with E-state index in [0.717, 1.165) is 24.5 Å². The lowest BCUT2D eigenvalue weighted by molar-refractivity contribution is 0.460. The van der Waals surface area contributed by atoms with Crippen molar-refractivity contribution < 1.29 is 4.39 Å². The number of aromatic nitrogens is 1. The van der Waals surface area contributed by atoms with Crippen LogP contribution < -0.4 is 5.32 Å². The van der Waals surface area contributed by atoms with E-state index in [-0.39, 0.29) is 17.8 Å². The first-order valence-electron chi connectivity index (χ1n) is 7.89. The minimum Gasteiger partial charge on any atom is -0.353 e. The standard InChI is InChI=1S/C18H23FN4/c1-20-18(23(3)12-13-7-6-10-22(13)2)21-17-11-15(17)14-8-4-5-9-16(14)19/h4-10,15,17H,11-12H2,1-3H3,(H,20,21). The smallest absolute Gasteiger partial charge is 0.193 e. The average Bonchev–Trinajstić information content (AvgIpc) is 3.19. The molecule has 2 unspecified atom stereocenters. The van der Waals surface area contributed by atoms with E-state index in [1.807, 2.05) is 38.5 Å². The molecule has 122 valence electrons. The zero-order chi connectivity index (χ0) is 16.4. The molecule has 1 aliphatic rings. The van der Waals surface area contributed by atoms with E-state index >= 15 is 0 Å². The maximum Gasteiger partial charge on any atom is 0.193 e. The molecule has 1 fully saturated rings. The predicted molar refractivity (Wildman–Crippen MR) is 90.9 cm³/mol. The van der Waals surface area contributed by atoms with Crippen LogP contribution in [0.3, 0.4) is 0 Å². The zero-order valence-electron chi connectivity index (χ0n) is 13.8. The number of nitrogens with one attached hydrogen (secondary N) is 1. The topological polar surface area (TPSA) is 32.6 Å². The van der Waals surface area contributed by atoms with Crippen LogP contribution in [0.2, 0.25) is 0 Å². The largest absolute Gasteiger partial charge is 0.353 e. The van der Waals surface area contributed by atoms with Gasteiger partial charge in [-0.3, -0.25) is 4.99 Å². The predicted octanol–water partition coefficient (Wildman–Crippen LogP) is 2.73. The fourth-order valence-electron chi connectivity index (χ4n) is 2.96. The first kappa shape index (κ1) is 15.6. The van der Waals surface area contributed by atoms with Crippen molar-refractivity contribution in [1.29, 1.82) is 0 Å². The lowest BCUT2D eigenvalue weighted by Crippen LogP contribution is -2.40. The van der Waals surface area contributed by atoms with Crippen molar-refractivity contribution in [2.45, 2.75) is 24.9 Å². The molecule has 1 aromatic carbocycles. The fourth-order valence-corrected chi connectivity index (χ4v) is 2.96. The van der Waals surface area contributed by atoms with E-state index in [9.17, 15) is 4.39 Å². The van der Waals surface area contributed by atoms with Crippen molar-refractivity contribution in [2.75, 3.05) is 14.1 Å². The Balaban J connectivity index is 1.61. The first-order chi connectivity index (χ1) is 11.1. The van der Waals surface area contributed by atoms with E-state index in [1.54, 1.807) is 13.1 Å². The van der Waals surface area contributed by atoms with Gasteiger partial charge in [-0.25, -0.2) is 4.39 Å². The minimum atomic E-state index is -0.117. The molecular weight excluding hydrogens is 291 g/mol. The van der Waals surface area contributed by atoms with Crippen molar-refractivity contribution in [3.8, 4) is 0 Å². The molecule has 1 aliphatic carbocycles. The monoisotopic (exact) mass is 314 g/mol. The molecule has 3 rings (SSSR count). The Morgan fingerprint density at radius 1 is 1.35 bits per heavy atom. The Kier molecular flexibility index (Phi) is 4.37. The van der Waals surface area contributed by atoms with Gasteiger partial charge in [-0.2, -0.15) is 0 Å². The number of guanidine groups is 1. The molecule has 1 saturated carbocycles. The van der Waals surface area contributed by atoms with Crippen molar-refractivity contribution in [3.63, 3.8) is 0 Å². The summed E-state index contributed by atoms with van der Waals surface area (Å²) < 4.78 is 16.0. The molecule has 5 heteroatoms. The SMILES string of the molecule is CN=C(NC1CC1c1ccccc1F)N(C)Cc1cccn1C. The third kappa shape index (κ3) is 3.38. The van der Waals surface area contributed by atoms with Gasteiger partial charge in [0.2, 0.25) is 0 Å². The Morgan fingerprint density at radius 2 is 2.13 bits per heavy atom. The summed E-state index contributed by atoms with van der Waals surface area (Å²) in [4.78, 5) is 6.45. The van der Waals surface area contributed by atoms with Crippen LogP contribution in [0.5, 0.6) is 0 Å². The number of aliphatic imine (C=N–C) groups is 1. The Morgan fingerprint density at radius 3 is 2.78 bits per heavy atom. The van der Waals surface area contributed by atoms with Crippen LogP contribution in [-0.4, -0.2) is 35.6 Å². The van der Waals surface area contributed by atoms with Gasteiger partial charge in [-0.05, 0) is 30.2 Å². The third-order valence-corrected chi connectivity index (χ3v) is 4.43. The van der Waals surface area contributed by atoms with E-state index in [0.29, 0.717) is 0 Å². The number of aryl methyl sites for hydroxylation is 1. The number of benzene rings is 1. The summed E-state index contributed by atoms with van der Waals surface area (Å²) in [5, 5.41) is 3.45. The molecule has 0 amide bonds. The van der Waals surface area contributed by atoms with Crippen molar-refractivity contribution in [3.05, 3.63) is 59.7 Å². The Bertz CT molecular complexity index is 707. The quantitative estimate of drug-likeness (QED) is 0.695. The molecule has 2 aromatic rings. The van der Waals surface area contributed by atoms with Crippen LogP contribution >= 0.6 is 0 Å². The Hall–Kier alpha value is -2.30. The highest BCUT2D eigenvalue weighted by Gasteiger charge is 2.40. The van der Waals surface area contributed by atoms with Gasteiger partial charge in [0.15, 0.2) is 5.96 Å². The van der Waals surface area contributed by atoms with E-state index in [2.05, 4.69) is 25.8 Å². The zero-order valence-corrected chi connectivity index (χ0v) is 13.8. The van der Waals surface area contributed by atoms with Crippen molar-refractivity contribution >= 4 is 5.96 Å². The number of nitrogens with zero attached hydrogens (tertiary/aromatic N) is 3. The van der Waals surface area contributed by atoms with Gasteiger partial charge in [0.05, 0.1) is 6.54 Å². The maximum absolute atomic E-state index is 13.9. The first-order valence-corrected chi connectivity index (χ1v) is 7.89. The normalized spacial score (nSPS) is 20.4. The molecule has 1 heterocycles. The second-order valence-electron chi connectivity index (χ2n) is 6.13.